The van der Waals surface area contributed by atoms with E-state index in [1.807, 2.05) is 6.92 Å². The van der Waals surface area contributed by atoms with Crippen LogP contribution in [0.3, 0.4) is 0 Å². The van der Waals surface area contributed by atoms with Crippen LogP contribution in [-0.4, -0.2) is 18.5 Å². The van der Waals surface area contributed by atoms with Gasteiger partial charge < -0.3 is 5.32 Å². The van der Waals surface area contributed by atoms with Crippen molar-refractivity contribution < 1.29 is 8.78 Å². The first-order chi connectivity index (χ1) is 6.10. The van der Waals surface area contributed by atoms with Crippen molar-refractivity contribution >= 4 is 0 Å². The van der Waals surface area contributed by atoms with E-state index in [0.29, 0.717) is 25.3 Å². The molecule has 1 rings (SSSR count). The minimum absolute atomic E-state index is 0.432. The SMILES string of the molecule is CCNC1(C(F)F)CCCC(C)C1. The normalized spacial score (nSPS) is 35.3. The third-order valence-electron chi connectivity index (χ3n) is 2.98. The summed E-state index contributed by atoms with van der Waals surface area (Å²) in [5.74, 6) is 0.432. The largest absolute Gasteiger partial charge is 0.307 e. The van der Waals surface area contributed by atoms with Crippen molar-refractivity contribution in [2.45, 2.75) is 51.5 Å². The van der Waals surface area contributed by atoms with Gasteiger partial charge in [0.05, 0.1) is 5.54 Å². The first-order valence-corrected chi connectivity index (χ1v) is 5.14. The second kappa shape index (κ2) is 4.36. The number of halogens is 2. The van der Waals surface area contributed by atoms with E-state index < -0.39 is 12.0 Å². The first-order valence-electron chi connectivity index (χ1n) is 5.14. The van der Waals surface area contributed by atoms with Gasteiger partial charge in [-0.1, -0.05) is 26.7 Å². The highest BCUT2D eigenvalue weighted by atomic mass is 19.3. The number of nitrogens with one attached hydrogen (secondary N) is 1. The lowest BCUT2D eigenvalue weighted by Gasteiger charge is -2.40. The lowest BCUT2D eigenvalue weighted by atomic mass is 9.76. The lowest BCUT2D eigenvalue weighted by Crippen LogP contribution is -2.53. The van der Waals surface area contributed by atoms with Crippen LogP contribution >= 0.6 is 0 Å². The maximum absolute atomic E-state index is 12.9. The molecule has 3 heteroatoms. The summed E-state index contributed by atoms with van der Waals surface area (Å²) in [6.07, 6.45) is 1.05. The van der Waals surface area contributed by atoms with E-state index >= 15 is 0 Å². The maximum atomic E-state index is 12.9. The van der Waals surface area contributed by atoms with Crippen molar-refractivity contribution in [3.63, 3.8) is 0 Å². The molecule has 1 aliphatic rings. The highest BCUT2D eigenvalue weighted by Gasteiger charge is 2.41. The van der Waals surface area contributed by atoms with Gasteiger partial charge in [-0.3, -0.25) is 0 Å². The maximum Gasteiger partial charge on any atom is 0.256 e. The molecule has 0 heterocycles. The lowest BCUT2D eigenvalue weighted by molar-refractivity contribution is -0.00379. The molecule has 13 heavy (non-hydrogen) atoms. The molecule has 0 bridgehead atoms. The Bertz CT molecular complexity index is 157. The Morgan fingerprint density at radius 3 is 2.69 bits per heavy atom. The van der Waals surface area contributed by atoms with E-state index in [2.05, 4.69) is 12.2 Å². The van der Waals surface area contributed by atoms with Crippen molar-refractivity contribution in [3.8, 4) is 0 Å². The highest BCUT2D eigenvalue weighted by Crippen LogP contribution is 2.36. The highest BCUT2D eigenvalue weighted by molar-refractivity contribution is 4.94. The molecule has 0 radical (unpaired) electrons. The van der Waals surface area contributed by atoms with Crippen molar-refractivity contribution in [2.75, 3.05) is 6.54 Å². The van der Waals surface area contributed by atoms with Gasteiger partial charge in [0.2, 0.25) is 0 Å². The van der Waals surface area contributed by atoms with E-state index in [0.717, 1.165) is 12.8 Å². The van der Waals surface area contributed by atoms with Crippen LogP contribution in [0.15, 0.2) is 0 Å². The number of alkyl halides is 2. The third kappa shape index (κ3) is 2.39. The summed E-state index contributed by atoms with van der Waals surface area (Å²) in [6.45, 7) is 4.59. The van der Waals surface area contributed by atoms with E-state index in [1.165, 1.54) is 0 Å². The molecule has 78 valence electrons. The third-order valence-corrected chi connectivity index (χ3v) is 2.98. The van der Waals surface area contributed by atoms with E-state index in [-0.39, 0.29) is 0 Å². The summed E-state index contributed by atoms with van der Waals surface area (Å²) in [5.41, 5.74) is -0.883. The Morgan fingerprint density at radius 2 is 2.23 bits per heavy atom. The zero-order valence-corrected chi connectivity index (χ0v) is 8.45. The zero-order chi connectivity index (χ0) is 9.90. The van der Waals surface area contributed by atoms with Crippen molar-refractivity contribution in [1.82, 2.24) is 5.32 Å². The molecule has 1 fully saturated rings. The Hall–Kier alpha value is -0.180. The fourth-order valence-electron chi connectivity index (χ4n) is 2.38. The predicted octanol–water partition coefficient (Wildman–Crippen LogP) is 2.81. The molecule has 2 atom stereocenters. The molecule has 0 aromatic rings. The fraction of sp³-hybridized carbons (Fsp3) is 1.00. The van der Waals surface area contributed by atoms with Gasteiger partial charge in [0.25, 0.3) is 6.43 Å². The minimum atomic E-state index is -2.23. The van der Waals surface area contributed by atoms with Gasteiger partial charge in [-0.2, -0.15) is 0 Å². The topological polar surface area (TPSA) is 12.0 Å². The molecule has 0 amide bonds. The van der Waals surface area contributed by atoms with Crippen LogP contribution in [0.1, 0.15) is 39.5 Å². The van der Waals surface area contributed by atoms with Crippen LogP contribution < -0.4 is 5.32 Å². The second-order valence-corrected chi connectivity index (χ2v) is 4.19. The summed E-state index contributed by atoms with van der Waals surface area (Å²) in [5, 5.41) is 2.98. The average Bonchev–Trinajstić information content (AvgIpc) is 2.04. The summed E-state index contributed by atoms with van der Waals surface area (Å²) >= 11 is 0. The van der Waals surface area contributed by atoms with Crippen LogP contribution in [0, 0.1) is 5.92 Å². The van der Waals surface area contributed by atoms with Crippen molar-refractivity contribution in [1.29, 1.82) is 0 Å². The van der Waals surface area contributed by atoms with Gasteiger partial charge in [0, 0.05) is 0 Å². The van der Waals surface area contributed by atoms with Crippen LogP contribution in [0.4, 0.5) is 8.78 Å². The Balaban J connectivity index is 2.64. The van der Waals surface area contributed by atoms with Gasteiger partial charge in [-0.25, -0.2) is 8.78 Å². The van der Waals surface area contributed by atoms with E-state index in [1.54, 1.807) is 0 Å². The smallest absolute Gasteiger partial charge is 0.256 e. The summed E-state index contributed by atoms with van der Waals surface area (Å²) in [4.78, 5) is 0. The molecule has 0 saturated heterocycles. The van der Waals surface area contributed by atoms with Gasteiger partial charge in [0.15, 0.2) is 0 Å². The predicted molar refractivity (Wildman–Crippen MR) is 50.0 cm³/mol. The van der Waals surface area contributed by atoms with Gasteiger partial charge in [-0.05, 0) is 25.3 Å². The van der Waals surface area contributed by atoms with Crippen LogP contribution in [0.2, 0.25) is 0 Å². The molecule has 1 saturated carbocycles. The molecular weight excluding hydrogens is 172 g/mol. The Kier molecular flexibility index (Phi) is 3.65. The van der Waals surface area contributed by atoms with Gasteiger partial charge in [-0.15, -0.1) is 0 Å². The van der Waals surface area contributed by atoms with Crippen molar-refractivity contribution in [2.24, 2.45) is 5.92 Å². The quantitative estimate of drug-likeness (QED) is 0.723. The molecule has 2 unspecified atom stereocenters. The van der Waals surface area contributed by atoms with E-state index in [4.69, 9.17) is 0 Å². The average molecular weight is 191 g/mol. The summed E-state index contributed by atoms with van der Waals surface area (Å²) in [7, 11) is 0. The monoisotopic (exact) mass is 191 g/mol. The Morgan fingerprint density at radius 1 is 1.54 bits per heavy atom. The number of hydrogen-bond donors (Lipinski definition) is 1. The standard InChI is InChI=1S/C10H19F2N/c1-3-13-10(9(11)12)6-4-5-8(2)7-10/h8-9,13H,3-7H2,1-2H3. The molecular formula is C10H19F2N. The molecule has 1 N–H and O–H groups in total. The molecule has 1 nitrogen and oxygen atoms in total. The summed E-state index contributed by atoms with van der Waals surface area (Å²) in [6, 6.07) is 0. The van der Waals surface area contributed by atoms with Crippen LogP contribution in [0.5, 0.6) is 0 Å². The van der Waals surface area contributed by atoms with Crippen LogP contribution in [0.25, 0.3) is 0 Å². The van der Waals surface area contributed by atoms with Crippen LogP contribution in [-0.2, 0) is 0 Å². The fourth-order valence-corrected chi connectivity index (χ4v) is 2.38. The number of hydrogen-bond acceptors (Lipinski definition) is 1. The molecule has 0 spiro atoms. The molecule has 0 aromatic heterocycles. The molecule has 1 aliphatic carbocycles. The van der Waals surface area contributed by atoms with Gasteiger partial charge >= 0.3 is 0 Å². The molecule has 0 aromatic carbocycles. The van der Waals surface area contributed by atoms with Gasteiger partial charge in [0.1, 0.15) is 0 Å². The number of rotatable bonds is 3. The summed E-state index contributed by atoms with van der Waals surface area (Å²) < 4.78 is 25.7. The molecule has 0 aliphatic heterocycles. The Labute approximate surface area is 78.9 Å². The first kappa shape index (κ1) is 10.9. The second-order valence-electron chi connectivity index (χ2n) is 4.19. The zero-order valence-electron chi connectivity index (χ0n) is 8.45. The van der Waals surface area contributed by atoms with E-state index in [9.17, 15) is 8.78 Å². The minimum Gasteiger partial charge on any atom is -0.307 e. The van der Waals surface area contributed by atoms with Crippen molar-refractivity contribution in [3.05, 3.63) is 0 Å².